The third kappa shape index (κ3) is 4.39. The number of carbonyl (C=O) groups is 2. The number of sulfone groups is 1. The Balaban J connectivity index is 1.95. The third-order valence-electron chi connectivity index (χ3n) is 3.87. The van der Waals surface area contributed by atoms with Crippen LogP contribution in [-0.2, 0) is 19.4 Å². The second kappa shape index (κ2) is 7.40. The van der Waals surface area contributed by atoms with E-state index in [4.69, 9.17) is 22.1 Å². The first kappa shape index (κ1) is 18.5. The Morgan fingerprint density at radius 3 is 2.67 bits per heavy atom. The highest BCUT2D eigenvalue weighted by Crippen LogP contribution is 2.20. The normalized spacial score (nSPS) is 19.0. The Hall–Kier alpha value is -1.80. The van der Waals surface area contributed by atoms with E-state index in [1.807, 2.05) is 0 Å². The summed E-state index contributed by atoms with van der Waals surface area (Å²) in [6.45, 7) is 1.65. The lowest BCUT2D eigenvalue weighted by molar-refractivity contribution is -0.136. The maximum absolute atomic E-state index is 12.2. The van der Waals surface area contributed by atoms with Crippen molar-refractivity contribution in [3.63, 3.8) is 0 Å². The van der Waals surface area contributed by atoms with E-state index in [9.17, 15) is 18.0 Å². The summed E-state index contributed by atoms with van der Waals surface area (Å²) in [5.41, 5.74) is 6.05. The number of carbonyl (C=O) groups excluding carboxylic acids is 2. The first-order valence-electron chi connectivity index (χ1n) is 7.45. The fourth-order valence-corrected chi connectivity index (χ4v) is 4.47. The number of likely N-dealkylation sites (N-methyl/N-ethyl adjacent to an activating group) is 1. The minimum Gasteiger partial charge on any atom is -0.452 e. The molecule has 0 unspecified atom stereocenters. The van der Waals surface area contributed by atoms with Crippen molar-refractivity contribution in [3.05, 3.63) is 28.8 Å². The molecule has 9 heteroatoms. The lowest BCUT2D eigenvalue weighted by Crippen LogP contribution is -2.43. The largest absolute Gasteiger partial charge is 0.452 e. The maximum atomic E-state index is 12.2. The van der Waals surface area contributed by atoms with Crippen LogP contribution in [0.3, 0.4) is 0 Å². The second-order valence-electron chi connectivity index (χ2n) is 5.55. The summed E-state index contributed by atoms with van der Waals surface area (Å²) in [5.74, 6) is -1.09. The lowest BCUT2D eigenvalue weighted by atomic mass is 10.2. The third-order valence-corrected chi connectivity index (χ3v) is 5.96. The summed E-state index contributed by atoms with van der Waals surface area (Å²) >= 11 is 5.78. The Kier molecular flexibility index (Phi) is 5.71. The molecule has 24 heavy (non-hydrogen) atoms. The number of amides is 1. The van der Waals surface area contributed by atoms with Crippen LogP contribution in [0.25, 0.3) is 0 Å². The monoisotopic (exact) mass is 374 g/mol. The molecule has 0 spiro atoms. The number of esters is 1. The molecule has 1 heterocycles. The Morgan fingerprint density at radius 2 is 2.12 bits per heavy atom. The van der Waals surface area contributed by atoms with Crippen LogP contribution in [0.1, 0.15) is 23.7 Å². The van der Waals surface area contributed by atoms with Crippen molar-refractivity contribution < 1.29 is 22.7 Å². The molecule has 1 aliphatic rings. The fourth-order valence-electron chi connectivity index (χ4n) is 2.62. The Morgan fingerprint density at radius 1 is 1.42 bits per heavy atom. The summed E-state index contributed by atoms with van der Waals surface area (Å²) in [4.78, 5) is 25.6. The number of anilines is 1. The van der Waals surface area contributed by atoms with Gasteiger partial charge in [-0.2, -0.15) is 0 Å². The van der Waals surface area contributed by atoms with Gasteiger partial charge in [0.05, 0.1) is 27.8 Å². The van der Waals surface area contributed by atoms with Gasteiger partial charge in [0.25, 0.3) is 5.91 Å². The molecule has 0 saturated carbocycles. The van der Waals surface area contributed by atoms with Gasteiger partial charge in [-0.05, 0) is 31.5 Å². The van der Waals surface area contributed by atoms with Crippen molar-refractivity contribution in [2.75, 3.05) is 30.4 Å². The molecule has 0 radical (unpaired) electrons. The van der Waals surface area contributed by atoms with Crippen molar-refractivity contribution in [1.82, 2.24) is 4.90 Å². The summed E-state index contributed by atoms with van der Waals surface area (Å²) < 4.78 is 28.1. The van der Waals surface area contributed by atoms with E-state index >= 15 is 0 Å². The molecule has 1 aromatic rings. The van der Waals surface area contributed by atoms with Crippen molar-refractivity contribution in [2.45, 2.75) is 19.4 Å². The van der Waals surface area contributed by atoms with Gasteiger partial charge < -0.3 is 15.4 Å². The predicted molar refractivity (Wildman–Crippen MR) is 90.6 cm³/mol. The van der Waals surface area contributed by atoms with Gasteiger partial charge in [0.15, 0.2) is 16.4 Å². The number of ether oxygens (including phenoxy) is 1. The molecule has 2 rings (SSSR count). The van der Waals surface area contributed by atoms with Crippen LogP contribution in [0, 0.1) is 0 Å². The van der Waals surface area contributed by atoms with Gasteiger partial charge >= 0.3 is 5.97 Å². The minimum absolute atomic E-state index is 0.0474. The molecule has 132 valence electrons. The fraction of sp³-hybridized carbons (Fsp3) is 0.467. The van der Waals surface area contributed by atoms with Crippen LogP contribution >= 0.6 is 11.6 Å². The maximum Gasteiger partial charge on any atom is 0.338 e. The summed E-state index contributed by atoms with van der Waals surface area (Å²) in [5, 5.41) is 0.322. The molecule has 2 N–H and O–H groups in total. The number of benzene rings is 1. The van der Waals surface area contributed by atoms with Crippen LogP contribution in [-0.4, -0.2) is 55.9 Å². The molecule has 1 amide bonds. The average molecular weight is 375 g/mol. The van der Waals surface area contributed by atoms with Crippen molar-refractivity contribution in [3.8, 4) is 0 Å². The molecular weight excluding hydrogens is 356 g/mol. The van der Waals surface area contributed by atoms with Gasteiger partial charge in [-0.25, -0.2) is 13.2 Å². The summed E-state index contributed by atoms with van der Waals surface area (Å²) in [6.07, 6.45) is 0.406. The number of hydrogen-bond donors (Lipinski definition) is 1. The highest BCUT2D eigenvalue weighted by atomic mass is 35.5. The van der Waals surface area contributed by atoms with Crippen LogP contribution in [0.4, 0.5) is 5.69 Å². The van der Waals surface area contributed by atoms with Gasteiger partial charge in [-0.3, -0.25) is 4.79 Å². The molecule has 1 atom stereocenters. The lowest BCUT2D eigenvalue weighted by Gasteiger charge is -2.26. The van der Waals surface area contributed by atoms with E-state index in [0.717, 1.165) is 0 Å². The van der Waals surface area contributed by atoms with Gasteiger partial charge in [0, 0.05) is 12.6 Å². The molecule has 1 saturated heterocycles. The average Bonchev–Trinajstić information content (AvgIpc) is 2.88. The standard InChI is InChI=1S/C15H19ClN2O5S/c1-2-18(11-5-6-24(21,22)9-11)14(19)8-23-15(20)10-3-4-12(16)13(17)7-10/h3-4,7,11H,2,5-6,8-9,17H2,1H3/t11-/m0/s1. The smallest absolute Gasteiger partial charge is 0.338 e. The van der Waals surface area contributed by atoms with Gasteiger partial charge in [0.1, 0.15) is 0 Å². The Labute approximate surface area is 145 Å². The zero-order valence-corrected chi connectivity index (χ0v) is 14.8. The van der Waals surface area contributed by atoms with Crippen LogP contribution in [0.5, 0.6) is 0 Å². The SMILES string of the molecule is CCN(C(=O)COC(=O)c1ccc(Cl)c(N)c1)[C@H]1CCS(=O)(=O)C1. The number of hydrogen-bond acceptors (Lipinski definition) is 6. The van der Waals surface area contributed by atoms with E-state index in [0.29, 0.717) is 18.0 Å². The summed E-state index contributed by atoms with van der Waals surface area (Å²) in [6, 6.07) is 3.93. The number of halogens is 1. The number of nitrogen functional groups attached to an aromatic ring is 1. The van der Waals surface area contributed by atoms with E-state index in [-0.39, 0.29) is 28.8 Å². The number of rotatable bonds is 5. The van der Waals surface area contributed by atoms with Crippen molar-refractivity contribution in [1.29, 1.82) is 0 Å². The minimum atomic E-state index is -3.10. The Bertz CT molecular complexity index is 750. The highest BCUT2D eigenvalue weighted by molar-refractivity contribution is 7.91. The van der Waals surface area contributed by atoms with E-state index in [2.05, 4.69) is 0 Å². The van der Waals surface area contributed by atoms with Gasteiger partial charge in [0.2, 0.25) is 0 Å². The van der Waals surface area contributed by atoms with E-state index < -0.39 is 28.3 Å². The highest BCUT2D eigenvalue weighted by Gasteiger charge is 2.34. The number of nitrogens with zero attached hydrogens (tertiary/aromatic N) is 1. The van der Waals surface area contributed by atoms with E-state index in [1.54, 1.807) is 6.92 Å². The van der Waals surface area contributed by atoms with Gasteiger partial charge in [-0.15, -0.1) is 0 Å². The first-order valence-corrected chi connectivity index (χ1v) is 9.65. The molecule has 0 aliphatic carbocycles. The number of nitrogens with two attached hydrogens (primary N) is 1. The molecule has 1 aliphatic heterocycles. The van der Waals surface area contributed by atoms with Crippen LogP contribution < -0.4 is 5.73 Å². The molecule has 1 aromatic carbocycles. The molecule has 1 fully saturated rings. The summed E-state index contributed by atoms with van der Waals surface area (Å²) in [7, 11) is -3.10. The van der Waals surface area contributed by atoms with Crippen molar-refractivity contribution >= 4 is 39.0 Å². The molecular formula is C15H19ClN2O5S. The molecule has 0 aromatic heterocycles. The topological polar surface area (TPSA) is 107 Å². The zero-order valence-electron chi connectivity index (χ0n) is 13.2. The first-order chi connectivity index (χ1) is 11.2. The zero-order chi connectivity index (χ0) is 17.9. The molecule has 0 bridgehead atoms. The van der Waals surface area contributed by atoms with Crippen LogP contribution in [0.15, 0.2) is 18.2 Å². The molecule has 7 nitrogen and oxygen atoms in total. The quantitative estimate of drug-likeness (QED) is 0.611. The van der Waals surface area contributed by atoms with E-state index in [1.165, 1.54) is 23.1 Å². The van der Waals surface area contributed by atoms with Crippen LogP contribution in [0.2, 0.25) is 5.02 Å². The second-order valence-corrected chi connectivity index (χ2v) is 8.18. The van der Waals surface area contributed by atoms with Gasteiger partial charge in [-0.1, -0.05) is 11.6 Å². The predicted octanol–water partition coefficient (Wildman–Crippen LogP) is 1.11. The van der Waals surface area contributed by atoms with Crippen molar-refractivity contribution in [2.24, 2.45) is 0 Å².